The topological polar surface area (TPSA) is 121 Å². The smallest absolute Gasteiger partial charge is 0.323 e. The molecule has 0 radical (unpaired) electrons. The minimum atomic E-state index is -3.68. The van der Waals surface area contributed by atoms with Gasteiger partial charge in [-0.25, -0.2) is 13.2 Å². The minimum Gasteiger partial charge on any atom is -0.455 e. The van der Waals surface area contributed by atoms with Crippen molar-refractivity contribution in [2.75, 3.05) is 23.7 Å². The van der Waals surface area contributed by atoms with Gasteiger partial charge in [-0.3, -0.25) is 4.79 Å². The molecule has 0 saturated carbocycles. The largest absolute Gasteiger partial charge is 0.455 e. The van der Waals surface area contributed by atoms with Crippen molar-refractivity contribution in [3.63, 3.8) is 0 Å². The number of nitrogens with one attached hydrogen (secondary N) is 3. The highest BCUT2D eigenvalue weighted by Gasteiger charge is 2.32. The number of aryl methyl sites for hydroxylation is 1. The second-order valence-corrected chi connectivity index (χ2v) is 10.3. The van der Waals surface area contributed by atoms with Crippen LogP contribution < -0.4 is 16.0 Å². The third-order valence-corrected chi connectivity index (χ3v) is 7.83. The van der Waals surface area contributed by atoms with Gasteiger partial charge in [0.25, 0.3) is 5.91 Å². The van der Waals surface area contributed by atoms with Gasteiger partial charge in [-0.2, -0.15) is 4.31 Å². The second-order valence-electron chi connectivity index (χ2n) is 8.40. The molecular formula is C25H28N4O5S. The molecule has 2 heterocycles. The van der Waals surface area contributed by atoms with Crippen LogP contribution in [0.1, 0.15) is 47.7 Å². The first-order valence-corrected chi connectivity index (χ1v) is 12.8. The number of urea groups is 1. The number of rotatable bonds is 7. The van der Waals surface area contributed by atoms with E-state index in [1.54, 1.807) is 50.2 Å². The summed E-state index contributed by atoms with van der Waals surface area (Å²) < 4.78 is 32.6. The third kappa shape index (κ3) is 5.72. The number of benzene rings is 2. The molecule has 1 aromatic heterocycles. The van der Waals surface area contributed by atoms with Crippen molar-refractivity contribution in [3.05, 3.63) is 77.7 Å². The number of hydrogen-bond acceptors (Lipinski definition) is 5. The Kier molecular flexibility index (Phi) is 7.23. The number of furan rings is 1. The van der Waals surface area contributed by atoms with E-state index in [4.69, 9.17) is 4.42 Å². The van der Waals surface area contributed by atoms with Gasteiger partial charge in [-0.05, 0) is 56.5 Å². The van der Waals surface area contributed by atoms with Crippen LogP contribution >= 0.6 is 0 Å². The van der Waals surface area contributed by atoms with Crippen LogP contribution in [0.5, 0.6) is 0 Å². The van der Waals surface area contributed by atoms with Crippen LogP contribution in [-0.2, 0) is 10.0 Å². The average molecular weight is 497 g/mol. The van der Waals surface area contributed by atoms with Gasteiger partial charge in [0.2, 0.25) is 10.0 Å². The fraction of sp³-hybridized carbons (Fsp3) is 0.280. The van der Waals surface area contributed by atoms with Gasteiger partial charge in [0.15, 0.2) is 5.76 Å². The molecule has 0 spiro atoms. The molecule has 3 amide bonds. The van der Waals surface area contributed by atoms with Crippen LogP contribution in [0.3, 0.4) is 0 Å². The molecule has 0 aliphatic carbocycles. The zero-order valence-corrected chi connectivity index (χ0v) is 20.4. The first-order valence-electron chi connectivity index (χ1n) is 11.4. The molecule has 4 rings (SSSR count). The molecule has 9 nitrogen and oxygen atoms in total. The Morgan fingerprint density at radius 3 is 2.17 bits per heavy atom. The van der Waals surface area contributed by atoms with E-state index in [0.717, 1.165) is 18.4 Å². The fourth-order valence-electron chi connectivity index (χ4n) is 3.92. The number of para-hydroxylation sites is 1. The molecule has 1 saturated heterocycles. The molecule has 184 valence electrons. The number of anilines is 2. The maximum atomic E-state index is 12.8. The van der Waals surface area contributed by atoms with E-state index in [1.807, 2.05) is 18.2 Å². The summed E-state index contributed by atoms with van der Waals surface area (Å²) >= 11 is 0. The lowest BCUT2D eigenvalue weighted by Gasteiger charge is -2.14. The quantitative estimate of drug-likeness (QED) is 0.445. The lowest BCUT2D eigenvalue weighted by atomic mass is 10.1. The molecular weight excluding hydrogens is 468 g/mol. The monoisotopic (exact) mass is 496 g/mol. The van der Waals surface area contributed by atoms with Crippen LogP contribution in [-0.4, -0.2) is 37.8 Å². The van der Waals surface area contributed by atoms with Crippen LogP contribution in [0.15, 0.2) is 70.0 Å². The van der Waals surface area contributed by atoms with E-state index in [9.17, 15) is 18.0 Å². The van der Waals surface area contributed by atoms with Crippen molar-refractivity contribution >= 4 is 33.3 Å². The lowest BCUT2D eigenvalue weighted by molar-refractivity contribution is 0.0910. The molecule has 35 heavy (non-hydrogen) atoms. The first kappa shape index (κ1) is 24.5. The van der Waals surface area contributed by atoms with E-state index < -0.39 is 15.9 Å². The Labute approximate surface area is 204 Å². The highest BCUT2D eigenvalue weighted by Crippen LogP contribution is 2.27. The number of hydrogen-bond donors (Lipinski definition) is 3. The Balaban J connectivity index is 1.37. The summed E-state index contributed by atoms with van der Waals surface area (Å²) in [6.45, 7) is 4.30. The van der Waals surface area contributed by atoms with Crippen molar-refractivity contribution in [2.24, 2.45) is 0 Å². The zero-order chi connectivity index (χ0) is 25.0. The molecule has 1 aliphatic heterocycles. The van der Waals surface area contributed by atoms with Gasteiger partial charge < -0.3 is 20.4 Å². The number of carbonyl (C=O) groups excluding carboxylic acids is 2. The Bertz CT molecular complexity index is 1300. The van der Waals surface area contributed by atoms with Crippen LogP contribution in [0.4, 0.5) is 16.2 Å². The van der Waals surface area contributed by atoms with Crippen molar-refractivity contribution < 1.29 is 22.4 Å². The summed E-state index contributed by atoms with van der Waals surface area (Å²) in [7, 11) is -3.68. The van der Waals surface area contributed by atoms with Gasteiger partial charge in [-0.1, -0.05) is 30.3 Å². The van der Waals surface area contributed by atoms with Crippen molar-refractivity contribution in [2.45, 2.75) is 37.6 Å². The summed E-state index contributed by atoms with van der Waals surface area (Å²) in [5.41, 5.74) is 2.09. The molecule has 3 N–H and O–H groups in total. The SMILES string of the molecule is Cc1oc(C(=O)NC(C)c2ccc(NC(=O)Nc3ccccc3)cc2)cc1S(=O)(=O)N1CCCC1. The second kappa shape index (κ2) is 10.3. The van der Waals surface area contributed by atoms with Crippen LogP contribution in [0.25, 0.3) is 0 Å². The molecule has 1 unspecified atom stereocenters. The van der Waals surface area contributed by atoms with E-state index in [2.05, 4.69) is 16.0 Å². The van der Waals surface area contributed by atoms with E-state index in [-0.39, 0.29) is 28.5 Å². The van der Waals surface area contributed by atoms with Gasteiger partial charge in [-0.15, -0.1) is 0 Å². The van der Waals surface area contributed by atoms with Gasteiger partial charge in [0, 0.05) is 30.5 Å². The summed E-state index contributed by atoms with van der Waals surface area (Å²) in [6.07, 6.45) is 1.65. The fourth-order valence-corrected chi connectivity index (χ4v) is 5.60. The van der Waals surface area contributed by atoms with E-state index >= 15 is 0 Å². The number of carbonyl (C=O) groups is 2. The van der Waals surface area contributed by atoms with Gasteiger partial charge >= 0.3 is 6.03 Å². The van der Waals surface area contributed by atoms with E-state index in [0.29, 0.717) is 24.5 Å². The van der Waals surface area contributed by atoms with Crippen LogP contribution in [0, 0.1) is 6.92 Å². The normalized spacial score (nSPS) is 14.9. The predicted molar refractivity (Wildman–Crippen MR) is 133 cm³/mol. The number of nitrogens with zero attached hydrogens (tertiary/aromatic N) is 1. The molecule has 0 bridgehead atoms. The summed E-state index contributed by atoms with van der Waals surface area (Å²) in [6, 6.07) is 16.7. The number of sulfonamides is 1. The molecule has 3 aromatic rings. The maximum Gasteiger partial charge on any atom is 0.323 e. The van der Waals surface area contributed by atoms with Gasteiger partial charge in [0.05, 0.1) is 6.04 Å². The summed E-state index contributed by atoms with van der Waals surface area (Å²) in [4.78, 5) is 24.9. The first-order chi connectivity index (χ1) is 16.7. The molecule has 2 aromatic carbocycles. The minimum absolute atomic E-state index is 0.0291. The molecule has 1 aliphatic rings. The Morgan fingerprint density at radius 1 is 0.943 bits per heavy atom. The highest BCUT2D eigenvalue weighted by molar-refractivity contribution is 7.89. The zero-order valence-electron chi connectivity index (χ0n) is 19.6. The highest BCUT2D eigenvalue weighted by atomic mass is 32.2. The number of amides is 3. The van der Waals surface area contributed by atoms with Crippen molar-refractivity contribution in [1.82, 2.24) is 9.62 Å². The van der Waals surface area contributed by atoms with Crippen molar-refractivity contribution in [1.29, 1.82) is 0 Å². The molecule has 1 atom stereocenters. The van der Waals surface area contributed by atoms with Crippen LogP contribution in [0.2, 0.25) is 0 Å². The van der Waals surface area contributed by atoms with Crippen molar-refractivity contribution in [3.8, 4) is 0 Å². The Hall–Kier alpha value is -3.63. The molecule has 1 fully saturated rings. The Morgan fingerprint density at radius 2 is 1.54 bits per heavy atom. The predicted octanol–water partition coefficient (Wildman–Crippen LogP) is 4.51. The summed E-state index contributed by atoms with van der Waals surface area (Å²) in [5, 5.41) is 8.33. The van der Waals surface area contributed by atoms with E-state index in [1.165, 1.54) is 10.4 Å². The third-order valence-electron chi connectivity index (χ3n) is 5.83. The summed E-state index contributed by atoms with van der Waals surface area (Å²) in [5.74, 6) is -0.366. The maximum absolute atomic E-state index is 12.8. The standard InChI is InChI=1S/C25H28N4O5S/c1-17(19-10-12-21(13-11-19)28-25(31)27-20-8-4-3-5-9-20)26-24(30)22-16-23(18(2)34-22)35(32,33)29-14-6-7-15-29/h3-5,8-13,16-17H,6-7,14-15H2,1-2H3,(H,26,30)(H2,27,28,31). The average Bonchev–Trinajstić information content (AvgIpc) is 3.51. The lowest BCUT2D eigenvalue weighted by Crippen LogP contribution is -2.28. The molecule has 10 heteroatoms. The van der Waals surface area contributed by atoms with Gasteiger partial charge in [0.1, 0.15) is 10.7 Å².